The number of hydrogen-bond acceptors (Lipinski definition) is 4. The Hall–Kier alpha value is -2.09. The first-order valence-corrected chi connectivity index (χ1v) is 9.73. The molecule has 0 aliphatic carbocycles. The lowest BCUT2D eigenvalue weighted by Gasteiger charge is -2.24. The molecule has 0 radical (unpaired) electrons. The number of imide groups is 1. The molecule has 0 saturated heterocycles. The molecule has 0 aliphatic heterocycles. The second kappa shape index (κ2) is 8.84. The van der Waals surface area contributed by atoms with Crippen molar-refractivity contribution in [2.75, 3.05) is 6.54 Å². The predicted octanol–water partition coefficient (Wildman–Crippen LogP) is 3.09. The highest BCUT2D eigenvalue weighted by Gasteiger charge is 2.30. The second-order valence-corrected chi connectivity index (χ2v) is 8.59. The summed E-state index contributed by atoms with van der Waals surface area (Å²) in [6, 6.07) is 6.01. The van der Waals surface area contributed by atoms with Crippen molar-refractivity contribution in [3.05, 3.63) is 30.3 Å². The summed E-state index contributed by atoms with van der Waals surface area (Å²) in [5.41, 5.74) is -0.546. The summed E-state index contributed by atoms with van der Waals surface area (Å²) < 4.78 is 26.3. The van der Waals surface area contributed by atoms with E-state index in [9.17, 15) is 18.0 Å². The third-order valence-electron chi connectivity index (χ3n) is 3.23. The van der Waals surface area contributed by atoms with Crippen molar-refractivity contribution in [3.63, 3.8) is 0 Å². The van der Waals surface area contributed by atoms with Gasteiger partial charge in [0.2, 0.25) is 0 Å². The van der Waals surface area contributed by atoms with Crippen LogP contribution in [0.2, 0.25) is 0 Å². The summed E-state index contributed by atoms with van der Waals surface area (Å²) in [5.74, 6) is 0. The zero-order chi connectivity index (χ0) is 19.1. The summed E-state index contributed by atoms with van der Waals surface area (Å²) in [7, 11) is -4.03. The number of nitrogens with one attached hydrogen (secondary N) is 2. The topological polar surface area (TPSA) is 95.6 Å². The molecule has 1 aromatic carbocycles. The Morgan fingerprint density at radius 1 is 1.08 bits per heavy atom. The van der Waals surface area contributed by atoms with Crippen LogP contribution in [0, 0.1) is 0 Å². The van der Waals surface area contributed by atoms with Gasteiger partial charge in [0.05, 0.1) is 4.90 Å². The number of urea groups is 2. The number of amides is 4. The molecule has 0 saturated carbocycles. The number of unbranched alkanes of at least 4 members (excludes halogenated alkanes) is 2. The fourth-order valence-corrected chi connectivity index (χ4v) is 3.48. The van der Waals surface area contributed by atoms with Crippen molar-refractivity contribution in [2.45, 2.75) is 57.4 Å². The normalized spacial score (nSPS) is 11.7. The average Bonchev–Trinajstić information content (AvgIpc) is 2.50. The molecular weight excluding hydrogens is 342 g/mol. The van der Waals surface area contributed by atoms with Gasteiger partial charge >= 0.3 is 12.1 Å². The zero-order valence-corrected chi connectivity index (χ0v) is 16.0. The lowest BCUT2D eigenvalue weighted by Crippen LogP contribution is -2.53. The molecule has 8 heteroatoms. The molecule has 140 valence electrons. The number of carbonyl (C=O) groups excluding carboxylic acids is 2. The van der Waals surface area contributed by atoms with Crippen LogP contribution in [-0.4, -0.2) is 36.9 Å². The largest absolute Gasteiger partial charge is 0.339 e. The van der Waals surface area contributed by atoms with E-state index in [4.69, 9.17) is 0 Å². The predicted molar refractivity (Wildman–Crippen MR) is 96.7 cm³/mol. The molecule has 0 heterocycles. The second-order valence-electron chi connectivity index (χ2n) is 6.73. The van der Waals surface area contributed by atoms with E-state index in [0.717, 1.165) is 17.1 Å². The first-order valence-electron chi connectivity index (χ1n) is 8.29. The maximum Gasteiger partial charge on any atom is 0.339 e. The van der Waals surface area contributed by atoms with E-state index in [-0.39, 0.29) is 11.4 Å². The van der Waals surface area contributed by atoms with Gasteiger partial charge in [-0.05, 0) is 39.3 Å². The highest BCUT2D eigenvalue weighted by Crippen LogP contribution is 2.16. The Kier molecular flexibility index (Phi) is 7.41. The van der Waals surface area contributed by atoms with Crippen LogP contribution in [0.5, 0.6) is 0 Å². The van der Waals surface area contributed by atoms with Crippen molar-refractivity contribution >= 4 is 22.1 Å². The molecule has 2 N–H and O–H groups in total. The summed E-state index contributed by atoms with van der Waals surface area (Å²) in [5, 5.41) is 4.67. The zero-order valence-electron chi connectivity index (χ0n) is 15.2. The van der Waals surface area contributed by atoms with Gasteiger partial charge in [0, 0.05) is 12.1 Å². The number of benzene rings is 1. The van der Waals surface area contributed by atoms with Gasteiger partial charge in [-0.1, -0.05) is 38.0 Å². The summed E-state index contributed by atoms with van der Waals surface area (Å²) in [6.07, 6.45) is 2.19. The fourth-order valence-electron chi connectivity index (χ4n) is 2.09. The van der Waals surface area contributed by atoms with Crippen molar-refractivity contribution < 1.29 is 18.0 Å². The van der Waals surface area contributed by atoms with E-state index < -0.39 is 27.6 Å². The minimum absolute atomic E-state index is 0.0119. The highest BCUT2D eigenvalue weighted by molar-refractivity contribution is 7.89. The molecule has 0 aromatic heterocycles. The summed E-state index contributed by atoms with van der Waals surface area (Å²) >= 11 is 0. The van der Waals surface area contributed by atoms with Crippen LogP contribution >= 0.6 is 0 Å². The van der Waals surface area contributed by atoms with Crippen molar-refractivity contribution in [3.8, 4) is 0 Å². The molecule has 7 nitrogen and oxygen atoms in total. The monoisotopic (exact) mass is 369 g/mol. The Labute approximate surface area is 149 Å². The first kappa shape index (κ1) is 21.0. The van der Waals surface area contributed by atoms with Crippen LogP contribution in [0.4, 0.5) is 9.59 Å². The summed E-state index contributed by atoms with van der Waals surface area (Å²) in [4.78, 5) is 24.3. The molecular formula is C17H27N3O4S. The average molecular weight is 369 g/mol. The van der Waals surface area contributed by atoms with Crippen LogP contribution in [0.25, 0.3) is 0 Å². The molecule has 0 spiro atoms. The van der Waals surface area contributed by atoms with E-state index in [1.807, 2.05) is 6.92 Å². The number of nitrogens with zero attached hydrogens (tertiary/aromatic N) is 1. The highest BCUT2D eigenvalue weighted by atomic mass is 32.2. The van der Waals surface area contributed by atoms with Gasteiger partial charge in [0.15, 0.2) is 0 Å². The molecule has 25 heavy (non-hydrogen) atoms. The smallest absolute Gasteiger partial charge is 0.333 e. The van der Waals surface area contributed by atoms with Gasteiger partial charge in [-0.25, -0.2) is 22.3 Å². The quantitative estimate of drug-likeness (QED) is 0.753. The SMILES string of the molecule is CCCCCN(C(=O)NC(=O)NC(C)(C)C)S(=O)(=O)c1ccccc1. The van der Waals surface area contributed by atoms with Crippen molar-refractivity contribution in [1.29, 1.82) is 0 Å². The van der Waals surface area contributed by atoms with Crippen LogP contribution in [-0.2, 0) is 10.0 Å². The van der Waals surface area contributed by atoms with Gasteiger partial charge in [-0.3, -0.25) is 5.32 Å². The Bertz CT molecular complexity index is 682. The molecule has 0 aliphatic rings. The van der Waals surface area contributed by atoms with Gasteiger partial charge in [-0.2, -0.15) is 0 Å². The molecule has 0 atom stereocenters. The maximum absolute atomic E-state index is 12.8. The van der Waals surface area contributed by atoms with Gasteiger partial charge < -0.3 is 5.32 Å². The number of sulfonamides is 1. The molecule has 4 amide bonds. The van der Waals surface area contributed by atoms with Crippen molar-refractivity contribution in [2.24, 2.45) is 0 Å². The minimum atomic E-state index is -4.03. The Morgan fingerprint density at radius 3 is 2.20 bits per heavy atom. The third kappa shape index (κ3) is 6.74. The Balaban J connectivity index is 3.00. The van der Waals surface area contributed by atoms with E-state index in [1.54, 1.807) is 39.0 Å². The van der Waals surface area contributed by atoms with E-state index >= 15 is 0 Å². The van der Waals surface area contributed by atoms with Crippen LogP contribution in [0.1, 0.15) is 47.0 Å². The van der Waals surface area contributed by atoms with Crippen LogP contribution in [0.3, 0.4) is 0 Å². The number of rotatable bonds is 6. The van der Waals surface area contributed by atoms with E-state index in [1.165, 1.54) is 12.1 Å². The molecule has 0 bridgehead atoms. The summed E-state index contributed by atoms with van der Waals surface area (Å²) in [6.45, 7) is 7.27. The number of carbonyl (C=O) groups is 2. The molecule has 0 fully saturated rings. The van der Waals surface area contributed by atoms with Crippen molar-refractivity contribution in [1.82, 2.24) is 14.9 Å². The fraction of sp³-hybridized carbons (Fsp3) is 0.529. The lowest BCUT2D eigenvalue weighted by molar-refractivity contribution is 0.211. The van der Waals surface area contributed by atoms with E-state index in [2.05, 4.69) is 10.6 Å². The third-order valence-corrected chi connectivity index (χ3v) is 5.03. The minimum Gasteiger partial charge on any atom is -0.333 e. The van der Waals surface area contributed by atoms with E-state index in [0.29, 0.717) is 6.42 Å². The van der Waals surface area contributed by atoms with Crippen LogP contribution < -0.4 is 10.6 Å². The lowest BCUT2D eigenvalue weighted by atomic mass is 10.1. The Morgan fingerprint density at radius 2 is 1.68 bits per heavy atom. The van der Waals surface area contributed by atoms with Gasteiger partial charge in [0.1, 0.15) is 0 Å². The maximum atomic E-state index is 12.8. The molecule has 0 unspecified atom stereocenters. The standard InChI is InChI=1S/C17H27N3O4S/c1-5-6-10-13-20(16(22)18-15(21)19-17(2,3)4)25(23,24)14-11-8-7-9-12-14/h7-9,11-12H,5-6,10,13H2,1-4H3,(H2,18,19,21,22). The van der Waals surface area contributed by atoms with Crippen LogP contribution in [0.15, 0.2) is 35.2 Å². The molecule has 1 aromatic rings. The van der Waals surface area contributed by atoms with Gasteiger partial charge in [0.25, 0.3) is 10.0 Å². The first-order chi connectivity index (χ1) is 11.6. The molecule has 1 rings (SSSR count). The van der Waals surface area contributed by atoms with Gasteiger partial charge in [-0.15, -0.1) is 0 Å². The number of hydrogen-bond donors (Lipinski definition) is 2.